The Morgan fingerprint density at radius 3 is 3.14 bits per heavy atom. The molecule has 14 heavy (non-hydrogen) atoms. The Hall–Kier alpha value is -0.940. The summed E-state index contributed by atoms with van der Waals surface area (Å²) in [5.74, 6) is 1.43. The van der Waals surface area contributed by atoms with E-state index in [1.807, 2.05) is 0 Å². The van der Waals surface area contributed by atoms with Gasteiger partial charge >= 0.3 is 0 Å². The molecule has 0 spiro atoms. The largest absolute Gasteiger partial charge is 0.338 e. The van der Waals surface area contributed by atoms with E-state index >= 15 is 0 Å². The quantitative estimate of drug-likeness (QED) is 0.731. The molecule has 1 unspecified atom stereocenters. The van der Waals surface area contributed by atoms with Crippen molar-refractivity contribution in [3.05, 3.63) is 11.7 Å². The molecule has 5 heteroatoms. The van der Waals surface area contributed by atoms with Gasteiger partial charge < -0.3 is 15.6 Å². The molecule has 78 valence electrons. The average molecular weight is 196 g/mol. The maximum Gasteiger partial charge on any atom is 0.243 e. The molecule has 1 aliphatic rings. The van der Waals surface area contributed by atoms with Crippen molar-refractivity contribution in [1.82, 2.24) is 15.5 Å². The van der Waals surface area contributed by atoms with E-state index in [0.29, 0.717) is 18.9 Å². The van der Waals surface area contributed by atoms with Gasteiger partial charge in [-0.15, -0.1) is 0 Å². The molecule has 1 aliphatic heterocycles. The van der Waals surface area contributed by atoms with Crippen molar-refractivity contribution < 1.29 is 4.52 Å². The van der Waals surface area contributed by atoms with E-state index in [-0.39, 0.29) is 6.04 Å². The van der Waals surface area contributed by atoms with Gasteiger partial charge in [0.15, 0.2) is 5.82 Å². The highest BCUT2D eigenvalue weighted by Crippen LogP contribution is 2.20. The van der Waals surface area contributed by atoms with E-state index in [0.717, 1.165) is 18.8 Å². The Morgan fingerprint density at radius 2 is 2.43 bits per heavy atom. The molecule has 1 saturated heterocycles. The lowest BCUT2D eigenvalue weighted by Crippen LogP contribution is -2.27. The van der Waals surface area contributed by atoms with Gasteiger partial charge in [0.1, 0.15) is 0 Å². The predicted molar refractivity (Wildman–Crippen MR) is 51.7 cm³/mol. The molecule has 1 aromatic rings. The number of aromatic nitrogens is 2. The van der Waals surface area contributed by atoms with Crippen LogP contribution >= 0.6 is 0 Å². The van der Waals surface area contributed by atoms with Crippen LogP contribution in [0.5, 0.6) is 0 Å². The number of piperidine rings is 1. The van der Waals surface area contributed by atoms with Gasteiger partial charge in [-0.3, -0.25) is 0 Å². The fourth-order valence-corrected chi connectivity index (χ4v) is 1.70. The summed E-state index contributed by atoms with van der Waals surface area (Å²) < 4.78 is 5.18. The van der Waals surface area contributed by atoms with Crippen molar-refractivity contribution in [1.29, 1.82) is 0 Å². The standard InChI is InChI=1S/C9H16N4O/c10-5-4-8-12-9(14-13-8)7-3-1-2-6-11-7/h7,11H,1-6,10H2. The number of nitrogens with one attached hydrogen (secondary N) is 1. The van der Waals surface area contributed by atoms with Crippen LogP contribution < -0.4 is 11.1 Å². The molecule has 0 saturated carbocycles. The third-order valence-corrected chi connectivity index (χ3v) is 2.46. The van der Waals surface area contributed by atoms with Crippen LogP contribution in [0.3, 0.4) is 0 Å². The van der Waals surface area contributed by atoms with E-state index in [1.165, 1.54) is 12.8 Å². The minimum absolute atomic E-state index is 0.253. The number of hydrogen-bond acceptors (Lipinski definition) is 5. The Bertz CT molecular complexity index is 280. The summed E-state index contributed by atoms with van der Waals surface area (Å²) in [6.45, 7) is 1.61. The van der Waals surface area contributed by atoms with Crippen LogP contribution in [0.4, 0.5) is 0 Å². The molecule has 0 aromatic carbocycles. The van der Waals surface area contributed by atoms with Crippen molar-refractivity contribution in [3.63, 3.8) is 0 Å². The van der Waals surface area contributed by atoms with Crippen molar-refractivity contribution in [3.8, 4) is 0 Å². The van der Waals surface area contributed by atoms with Gasteiger partial charge in [-0.25, -0.2) is 0 Å². The lowest BCUT2D eigenvalue weighted by molar-refractivity contribution is 0.296. The van der Waals surface area contributed by atoms with Gasteiger partial charge in [-0.2, -0.15) is 4.98 Å². The van der Waals surface area contributed by atoms with Crippen LogP contribution in [0.2, 0.25) is 0 Å². The SMILES string of the molecule is NCCc1noc(C2CCCCN2)n1. The monoisotopic (exact) mass is 196 g/mol. The second-order valence-corrected chi connectivity index (χ2v) is 3.59. The summed E-state index contributed by atoms with van der Waals surface area (Å²) in [6.07, 6.45) is 4.24. The normalized spacial score (nSPS) is 22.5. The van der Waals surface area contributed by atoms with Gasteiger partial charge in [-0.05, 0) is 25.9 Å². The topological polar surface area (TPSA) is 77.0 Å². The van der Waals surface area contributed by atoms with Crippen LogP contribution in [0.15, 0.2) is 4.52 Å². The highest BCUT2D eigenvalue weighted by Gasteiger charge is 2.20. The molecule has 0 amide bonds. The van der Waals surface area contributed by atoms with Gasteiger partial charge in [0.2, 0.25) is 5.89 Å². The maximum atomic E-state index is 5.41. The van der Waals surface area contributed by atoms with Crippen LogP contribution in [-0.4, -0.2) is 23.2 Å². The second-order valence-electron chi connectivity index (χ2n) is 3.59. The first kappa shape index (κ1) is 9.61. The van der Waals surface area contributed by atoms with Crippen LogP contribution in [0.1, 0.15) is 37.0 Å². The summed E-state index contributed by atoms with van der Waals surface area (Å²) in [5.41, 5.74) is 5.41. The molecule has 1 fully saturated rings. The molecule has 1 aromatic heterocycles. The zero-order valence-corrected chi connectivity index (χ0v) is 8.20. The molecule has 3 N–H and O–H groups in total. The smallest absolute Gasteiger partial charge is 0.243 e. The van der Waals surface area contributed by atoms with Gasteiger partial charge in [0.05, 0.1) is 6.04 Å². The summed E-state index contributed by atoms with van der Waals surface area (Å²) in [5, 5.41) is 7.24. The Morgan fingerprint density at radius 1 is 1.50 bits per heavy atom. The Kier molecular flexibility index (Phi) is 3.10. The summed E-state index contributed by atoms with van der Waals surface area (Å²) in [6, 6.07) is 0.253. The highest BCUT2D eigenvalue weighted by atomic mass is 16.5. The minimum atomic E-state index is 0.253. The number of nitrogens with zero attached hydrogens (tertiary/aromatic N) is 2. The van der Waals surface area contributed by atoms with Crippen LogP contribution in [-0.2, 0) is 6.42 Å². The van der Waals surface area contributed by atoms with E-state index in [2.05, 4.69) is 15.5 Å². The van der Waals surface area contributed by atoms with Crippen molar-refractivity contribution in [2.45, 2.75) is 31.7 Å². The number of nitrogens with two attached hydrogens (primary N) is 1. The van der Waals surface area contributed by atoms with E-state index in [1.54, 1.807) is 0 Å². The maximum absolute atomic E-state index is 5.41. The number of hydrogen-bond donors (Lipinski definition) is 2. The average Bonchev–Trinajstić information content (AvgIpc) is 2.68. The predicted octanol–water partition coefficient (Wildman–Crippen LogP) is 0.385. The van der Waals surface area contributed by atoms with Crippen molar-refractivity contribution >= 4 is 0 Å². The minimum Gasteiger partial charge on any atom is -0.338 e. The van der Waals surface area contributed by atoms with Crippen molar-refractivity contribution in [2.75, 3.05) is 13.1 Å². The zero-order valence-electron chi connectivity index (χ0n) is 8.20. The van der Waals surface area contributed by atoms with E-state index < -0.39 is 0 Å². The van der Waals surface area contributed by atoms with E-state index in [9.17, 15) is 0 Å². The summed E-state index contributed by atoms with van der Waals surface area (Å²) in [4.78, 5) is 4.30. The van der Waals surface area contributed by atoms with Gasteiger partial charge in [0, 0.05) is 6.42 Å². The molecule has 0 bridgehead atoms. The fourth-order valence-electron chi connectivity index (χ4n) is 1.70. The van der Waals surface area contributed by atoms with Gasteiger partial charge in [-0.1, -0.05) is 11.6 Å². The second kappa shape index (κ2) is 4.52. The van der Waals surface area contributed by atoms with E-state index in [4.69, 9.17) is 10.3 Å². The molecule has 2 heterocycles. The summed E-state index contributed by atoms with van der Waals surface area (Å²) in [7, 11) is 0. The van der Waals surface area contributed by atoms with Gasteiger partial charge in [0.25, 0.3) is 0 Å². The molecular formula is C9H16N4O. The van der Waals surface area contributed by atoms with Crippen LogP contribution in [0, 0.1) is 0 Å². The van der Waals surface area contributed by atoms with Crippen molar-refractivity contribution in [2.24, 2.45) is 5.73 Å². The van der Waals surface area contributed by atoms with Crippen LogP contribution in [0.25, 0.3) is 0 Å². The lowest BCUT2D eigenvalue weighted by Gasteiger charge is -2.19. The molecule has 0 aliphatic carbocycles. The Labute approximate surface area is 83.1 Å². The molecule has 0 radical (unpaired) electrons. The highest BCUT2D eigenvalue weighted by molar-refractivity contribution is 4.94. The molecule has 1 atom stereocenters. The first-order chi connectivity index (χ1) is 6.90. The Balaban J connectivity index is 2.00. The third kappa shape index (κ3) is 2.10. The first-order valence-electron chi connectivity index (χ1n) is 5.16. The lowest BCUT2D eigenvalue weighted by atomic mass is 10.1. The zero-order chi connectivity index (χ0) is 9.80. The first-order valence-corrected chi connectivity index (χ1v) is 5.16. The molecule has 2 rings (SSSR count). The number of rotatable bonds is 3. The molecule has 5 nitrogen and oxygen atoms in total. The fraction of sp³-hybridized carbons (Fsp3) is 0.778. The third-order valence-electron chi connectivity index (χ3n) is 2.46. The summed E-state index contributed by atoms with van der Waals surface area (Å²) >= 11 is 0. The molecular weight excluding hydrogens is 180 g/mol.